The summed E-state index contributed by atoms with van der Waals surface area (Å²) in [5, 5.41) is 18.8. The standard InChI is InChI=1S/C40H41N5O10/c1-24(2)21-35(44-39(49)53-23-33-31-9-5-3-7-29(31)30-8-4-6-10-32(30)33)38(48)43-34(19-20-36(41)46)37(47)42-26-13-11-25(12-14-26)22-54-40(50)55-28-17-15-27(16-18-28)45(51)52/h3-18,24,33-35H,19-23H2,1-2H3,(H2,41,46)(H,42,47)(H,43,48)(H,44,49)/t34-,35-/m0/s1. The molecule has 286 valence electrons. The molecule has 0 aliphatic heterocycles. The number of alkyl carbamates (subject to hydrolysis) is 1. The van der Waals surface area contributed by atoms with Crippen molar-refractivity contribution in [2.45, 2.75) is 57.7 Å². The van der Waals surface area contributed by atoms with Crippen LogP contribution in [0, 0.1) is 16.0 Å². The van der Waals surface area contributed by atoms with Crippen molar-refractivity contribution in [2.24, 2.45) is 11.7 Å². The van der Waals surface area contributed by atoms with Crippen LogP contribution in [0.2, 0.25) is 0 Å². The summed E-state index contributed by atoms with van der Waals surface area (Å²) in [4.78, 5) is 74.1. The number of hydrogen-bond acceptors (Lipinski definition) is 10. The molecule has 2 atom stereocenters. The number of rotatable bonds is 16. The second kappa shape index (κ2) is 18.3. The monoisotopic (exact) mass is 751 g/mol. The van der Waals surface area contributed by atoms with Crippen LogP contribution in [0.1, 0.15) is 55.7 Å². The molecule has 1 aliphatic carbocycles. The highest BCUT2D eigenvalue weighted by Gasteiger charge is 2.31. The predicted molar refractivity (Wildman–Crippen MR) is 201 cm³/mol. The molecule has 4 aromatic carbocycles. The number of carbonyl (C=O) groups is 5. The van der Waals surface area contributed by atoms with Gasteiger partial charge in [0.1, 0.15) is 31.0 Å². The van der Waals surface area contributed by atoms with Crippen LogP contribution < -0.4 is 26.4 Å². The fourth-order valence-corrected chi connectivity index (χ4v) is 6.13. The molecular formula is C40H41N5O10. The van der Waals surface area contributed by atoms with Crippen LogP contribution >= 0.6 is 0 Å². The predicted octanol–water partition coefficient (Wildman–Crippen LogP) is 5.95. The molecule has 4 amide bonds. The van der Waals surface area contributed by atoms with E-state index < -0.39 is 47.0 Å². The third-order valence-corrected chi connectivity index (χ3v) is 8.80. The number of nitro benzene ring substituents is 1. The second-order valence-electron chi connectivity index (χ2n) is 13.3. The zero-order chi connectivity index (χ0) is 39.5. The van der Waals surface area contributed by atoms with E-state index in [1.54, 1.807) is 24.3 Å². The molecule has 4 aromatic rings. The minimum Gasteiger partial charge on any atom is -0.449 e. The fourth-order valence-electron chi connectivity index (χ4n) is 6.13. The molecule has 5 rings (SSSR count). The molecule has 0 fully saturated rings. The van der Waals surface area contributed by atoms with Gasteiger partial charge < -0.3 is 35.9 Å². The number of nitrogens with zero attached hydrogens (tertiary/aromatic N) is 1. The van der Waals surface area contributed by atoms with Gasteiger partial charge in [-0.1, -0.05) is 74.5 Å². The summed E-state index contributed by atoms with van der Waals surface area (Å²) in [6.45, 7) is 3.64. The van der Waals surface area contributed by atoms with Crippen molar-refractivity contribution in [3.05, 3.63) is 124 Å². The third kappa shape index (κ3) is 10.9. The van der Waals surface area contributed by atoms with E-state index in [0.29, 0.717) is 11.3 Å². The lowest BCUT2D eigenvalue weighted by atomic mass is 9.98. The van der Waals surface area contributed by atoms with Gasteiger partial charge in [0.2, 0.25) is 17.7 Å². The molecule has 5 N–H and O–H groups in total. The first-order valence-electron chi connectivity index (χ1n) is 17.6. The summed E-state index contributed by atoms with van der Waals surface area (Å²) in [5.41, 5.74) is 10.3. The topological polar surface area (TPSA) is 218 Å². The van der Waals surface area contributed by atoms with E-state index >= 15 is 0 Å². The van der Waals surface area contributed by atoms with Crippen LogP contribution in [0.4, 0.5) is 21.0 Å². The number of benzene rings is 4. The van der Waals surface area contributed by atoms with Crippen molar-refractivity contribution < 1.29 is 43.1 Å². The Morgan fingerprint density at radius 2 is 1.40 bits per heavy atom. The van der Waals surface area contributed by atoms with Crippen LogP contribution in [0.15, 0.2) is 97.1 Å². The van der Waals surface area contributed by atoms with Crippen molar-refractivity contribution in [3.8, 4) is 16.9 Å². The molecule has 55 heavy (non-hydrogen) atoms. The maximum absolute atomic E-state index is 13.6. The van der Waals surface area contributed by atoms with Gasteiger partial charge in [-0.3, -0.25) is 24.5 Å². The van der Waals surface area contributed by atoms with E-state index in [1.165, 1.54) is 24.3 Å². The SMILES string of the molecule is CC(C)C[C@H](NC(=O)OCC1c2ccccc2-c2ccccc21)C(=O)N[C@@H](CCC(N)=O)C(=O)Nc1ccc(COC(=O)Oc2ccc([N+](=O)[O-])cc2)cc1. The Morgan fingerprint density at radius 1 is 0.782 bits per heavy atom. The van der Waals surface area contributed by atoms with Gasteiger partial charge in [0.15, 0.2) is 0 Å². The Kier molecular flexibility index (Phi) is 13.1. The average Bonchev–Trinajstić information content (AvgIpc) is 3.48. The number of primary amides is 1. The smallest absolute Gasteiger partial charge is 0.449 e. The number of non-ortho nitro benzene ring substituents is 1. The molecular weight excluding hydrogens is 710 g/mol. The van der Waals surface area contributed by atoms with Crippen molar-refractivity contribution in [2.75, 3.05) is 11.9 Å². The Balaban J connectivity index is 1.16. The maximum atomic E-state index is 13.6. The van der Waals surface area contributed by atoms with E-state index in [0.717, 1.165) is 22.3 Å². The number of nitrogens with two attached hydrogens (primary N) is 1. The molecule has 0 saturated heterocycles. The Hall–Kier alpha value is -6.77. The zero-order valence-corrected chi connectivity index (χ0v) is 30.2. The molecule has 0 heterocycles. The maximum Gasteiger partial charge on any atom is 0.514 e. The van der Waals surface area contributed by atoms with Crippen molar-refractivity contribution in [1.29, 1.82) is 0 Å². The lowest BCUT2D eigenvalue weighted by Crippen LogP contribution is -2.53. The molecule has 0 saturated carbocycles. The molecule has 15 heteroatoms. The summed E-state index contributed by atoms with van der Waals surface area (Å²) in [5.74, 6) is -2.07. The van der Waals surface area contributed by atoms with Gasteiger partial charge >= 0.3 is 12.2 Å². The minimum absolute atomic E-state index is 0.0193. The molecule has 0 aromatic heterocycles. The van der Waals surface area contributed by atoms with Gasteiger partial charge in [-0.15, -0.1) is 0 Å². The van der Waals surface area contributed by atoms with Crippen molar-refractivity contribution in [1.82, 2.24) is 10.6 Å². The minimum atomic E-state index is -1.18. The van der Waals surface area contributed by atoms with E-state index in [-0.39, 0.29) is 55.7 Å². The Morgan fingerprint density at radius 3 is 1.98 bits per heavy atom. The highest BCUT2D eigenvalue weighted by atomic mass is 16.7. The summed E-state index contributed by atoms with van der Waals surface area (Å²) in [7, 11) is 0. The van der Waals surface area contributed by atoms with Crippen molar-refractivity contribution >= 4 is 41.3 Å². The summed E-state index contributed by atoms with van der Waals surface area (Å²) in [6, 6.07) is 24.8. The second-order valence-corrected chi connectivity index (χ2v) is 13.3. The number of ether oxygens (including phenoxy) is 3. The van der Waals surface area contributed by atoms with Crippen LogP contribution in [-0.2, 0) is 30.5 Å². The summed E-state index contributed by atoms with van der Waals surface area (Å²) >= 11 is 0. The zero-order valence-electron chi connectivity index (χ0n) is 30.2. The highest BCUT2D eigenvalue weighted by Crippen LogP contribution is 2.44. The van der Waals surface area contributed by atoms with Gasteiger partial charge in [-0.25, -0.2) is 9.59 Å². The van der Waals surface area contributed by atoms with Crippen LogP contribution in [-0.4, -0.2) is 53.6 Å². The van der Waals surface area contributed by atoms with Crippen LogP contribution in [0.25, 0.3) is 11.1 Å². The number of amides is 4. The molecule has 0 bridgehead atoms. The Bertz CT molecular complexity index is 1990. The fraction of sp³-hybridized carbons (Fsp3) is 0.275. The largest absolute Gasteiger partial charge is 0.514 e. The number of hydrogen-bond donors (Lipinski definition) is 4. The van der Waals surface area contributed by atoms with Gasteiger partial charge in [0.25, 0.3) is 5.69 Å². The van der Waals surface area contributed by atoms with Gasteiger partial charge in [-0.05, 0) is 70.8 Å². The third-order valence-electron chi connectivity index (χ3n) is 8.80. The van der Waals surface area contributed by atoms with Gasteiger partial charge in [-0.2, -0.15) is 0 Å². The number of nitrogens with one attached hydrogen (secondary N) is 3. The molecule has 15 nitrogen and oxygen atoms in total. The first kappa shape index (κ1) is 39.4. The lowest BCUT2D eigenvalue weighted by Gasteiger charge is -2.24. The van der Waals surface area contributed by atoms with Crippen LogP contribution in [0.3, 0.4) is 0 Å². The van der Waals surface area contributed by atoms with Crippen LogP contribution in [0.5, 0.6) is 5.75 Å². The summed E-state index contributed by atoms with van der Waals surface area (Å²) in [6.07, 6.45) is -1.87. The molecule has 1 aliphatic rings. The molecule has 0 radical (unpaired) electrons. The van der Waals surface area contributed by atoms with E-state index in [9.17, 15) is 34.1 Å². The quantitative estimate of drug-likeness (QED) is 0.0456. The first-order chi connectivity index (χ1) is 26.4. The highest BCUT2D eigenvalue weighted by molar-refractivity contribution is 5.98. The van der Waals surface area contributed by atoms with Gasteiger partial charge in [0.05, 0.1) is 4.92 Å². The number of anilines is 1. The lowest BCUT2D eigenvalue weighted by molar-refractivity contribution is -0.384. The molecule has 0 unspecified atom stereocenters. The molecule has 0 spiro atoms. The van der Waals surface area contributed by atoms with E-state index in [2.05, 4.69) is 16.0 Å². The average molecular weight is 752 g/mol. The number of nitro groups is 1. The first-order valence-corrected chi connectivity index (χ1v) is 17.6. The summed E-state index contributed by atoms with van der Waals surface area (Å²) < 4.78 is 15.8. The van der Waals surface area contributed by atoms with Crippen molar-refractivity contribution in [3.63, 3.8) is 0 Å². The van der Waals surface area contributed by atoms with Gasteiger partial charge in [0, 0.05) is 30.2 Å². The normalized spacial score (nSPS) is 12.7. The number of carbonyl (C=O) groups excluding carboxylic acids is 5. The number of fused-ring (bicyclic) bond motifs is 3. The Labute approximate surface area is 316 Å². The van der Waals surface area contributed by atoms with E-state index in [4.69, 9.17) is 19.9 Å². The van der Waals surface area contributed by atoms with E-state index in [1.807, 2.05) is 62.4 Å².